The second-order valence-electron chi connectivity index (χ2n) is 8.02. The van der Waals surface area contributed by atoms with Gasteiger partial charge in [-0.3, -0.25) is 14.2 Å². The van der Waals surface area contributed by atoms with Crippen LogP contribution in [0.5, 0.6) is 0 Å². The van der Waals surface area contributed by atoms with Crippen molar-refractivity contribution in [3.8, 4) is 0 Å². The molecule has 9 heteroatoms. The van der Waals surface area contributed by atoms with Gasteiger partial charge >= 0.3 is 0 Å². The van der Waals surface area contributed by atoms with E-state index in [9.17, 15) is 9.59 Å². The lowest BCUT2D eigenvalue weighted by molar-refractivity contribution is -0.132. The summed E-state index contributed by atoms with van der Waals surface area (Å²) in [4.78, 5) is 33.7. The molecule has 2 aliphatic heterocycles. The van der Waals surface area contributed by atoms with E-state index in [0.717, 1.165) is 41.2 Å². The van der Waals surface area contributed by atoms with Crippen LogP contribution in [0.3, 0.4) is 0 Å². The summed E-state index contributed by atoms with van der Waals surface area (Å²) in [5.74, 6) is 2.32. The van der Waals surface area contributed by atoms with E-state index in [4.69, 9.17) is 0 Å². The van der Waals surface area contributed by atoms with E-state index in [-0.39, 0.29) is 17.5 Å². The summed E-state index contributed by atoms with van der Waals surface area (Å²) in [6, 6.07) is 5.56. The Hall–Kier alpha value is -2.42. The number of carbonyl (C=O) groups excluding carboxylic acids is 1. The van der Waals surface area contributed by atoms with Crippen LogP contribution in [-0.4, -0.2) is 62.5 Å². The fourth-order valence-corrected chi connectivity index (χ4v) is 5.22. The van der Waals surface area contributed by atoms with Crippen LogP contribution in [0.4, 0.5) is 5.82 Å². The number of fused-ring (bicyclic) bond motifs is 1. The van der Waals surface area contributed by atoms with E-state index in [0.29, 0.717) is 25.4 Å². The lowest BCUT2D eigenvalue weighted by Gasteiger charge is -2.35. The van der Waals surface area contributed by atoms with Crippen LogP contribution >= 0.6 is 11.8 Å². The summed E-state index contributed by atoms with van der Waals surface area (Å²) >= 11 is 1.56. The SMILES string of the molecule is Cc1cc(=O)n2c(n1)SCC2CC(=O)N1CCN(c2ccc(C3CC3)nn2)CC1. The maximum absolute atomic E-state index is 12.8. The van der Waals surface area contributed by atoms with Gasteiger partial charge in [0, 0.05) is 56.0 Å². The number of piperazine rings is 1. The first kappa shape index (κ1) is 18.6. The Balaban J connectivity index is 1.19. The van der Waals surface area contributed by atoms with Crippen molar-refractivity contribution < 1.29 is 4.79 Å². The van der Waals surface area contributed by atoms with Crippen molar-refractivity contribution in [3.63, 3.8) is 0 Å². The molecule has 4 heterocycles. The average molecular weight is 413 g/mol. The highest BCUT2D eigenvalue weighted by Gasteiger charge is 2.31. The normalized spacial score (nSPS) is 21.3. The van der Waals surface area contributed by atoms with Gasteiger partial charge in [-0.1, -0.05) is 11.8 Å². The Labute approximate surface area is 173 Å². The number of carbonyl (C=O) groups is 1. The van der Waals surface area contributed by atoms with Crippen molar-refractivity contribution in [2.24, 2.45) is 0 Å². The Morgan fingerprint density at radius 3 is 2.66 bits per heavy atom. The second-order valence-corrected chi connectivity index (χ2v) is 9.00. The van der Waals surface area contributed by atoms with Gasteiger partial charge in [0.1, 0.15) is 0 Å². The van der Waals surface area contributed by atoms with Gasteiger partial charge in [0.2, 0.25) is 5.91 Å². The number of aromatic nitrogens is 4. The minimum Gasteiger partial charge on any atom is -0.352 e. The van der Waals surface area contributed by atoms with Crippen molar-refractivity contribution in [1.29, 1.82) is 0 Å². The first-order valence-electron chi connectivity index (χ1n) is 10.2. The van der Waals surface area contributed by atoms with Crippen LogP contribution < -0.4 is 10.5 Å². The monoisotopic (exact) mass is 412 g/mol. The fraction of sp³-hybridized carbons (Fsp3) is 0.550. The number of hydrogen-bond acceptors (Lipinski definition) is 7. The molecule has 0 radical (unpaired) electrons. The third-order valence-electron chi connectivity index (χ3n) is 5.85. The Morgan fingerprint density at radius 2 is 1.97 bits per heavy atom. The Bertz CT molecular complexity index is 979. The summed E-state index contributed by atoms with van der Waals surface area (Å²) < 4.78 is 1.68. The molecule has 2 aromatic rings. The quantitative estimate of drug-likeness (QED) is 0.705. The lowest BCUT2D eigenvalue weighted by atomic mass is 10.2. The number of thioether (sulfide) groups is 1. The van der Waals surface area contributed by atoms with Gasteiger partial charge in [0.05, 0.1) is 11.7 Å². The highest BCUT2D eigenvalue weighted by molar-refractivity contribution is 7.99. The van der Waals surface area contributed by atoms with Crippen molar-refractivity contribution >= 4 is 23.5 Å². The molecule has 1 saturated heterocycles. The highest BCUT2D eigenvalue weighted by atomic mass is 32.2. The first-order valence-corrected chi connectivity index (χ1v) is 11.2. The van der Waals surface area contributed by atoms with Crippen LogP contribution in [0.2, 0.25) is 0 Å². The number of nitrogens with zero attached hydrogens (tertiary/aromatic N) is 6. The Morgan fingerprint density at radius 1 is 1.17 bits per heavy atom. The molecule has 29 heavy (non-hydrogen) atoms. The minimum atomic E-state index is -0.109. The molecule has 5 rings (SSSR count). The first-order chi connectivity index (χ1) is 14.1. The van der Waals surface area contributed by atoms with E-state index < -0.39 is 0 Å². The maximum atomic E-state index is 12.8. The van der Waals surface area contributed by atoms with Crippen molar-refractivity contribution in [1.82, 2.24) is 24.6 Å². The van der Waals surface area contributed by atoms with Crippen molar-refractivity contribution in [2.75, 3.05) is 36.8 Å². The van der Waals surface area contributed by atoms with E-state index in [1.807, 2.05) is 17.9 Å². The molecule has 8 nitrogen and oxygen atoms in total. The van der Waals surface area contributed by atoms with Crippen LogP contribution in [0, 0.1) is 6.92 Å². The van der Waals surface area contributed by atoms with E-state index in [2.05, 4.69) is 26.1 Å². The number of anilines is 1. The molecule has 1 atom stereocenters. The molecule has 0 bridgehead atoms. The zero-order valence-electron chi connectivity index (χ0n) is 16.5. The number of aryl methyl sites for hydroxylation is 1. The number of rotatable bonds is 4. The third-order valence-corrected chi connectivity index (χ3v) is 6.95. The minimum absolute atomic E-state index is 0.0617. The molecule has 2 fully saturated rings. The van der Waals surface area contributed by atoms with Crippen LogP contribution in [-0.2, 0) is 4.79 Å². The molecule has 2 aromatic heterocycles. The average Bonchev–Trinajstić information content (AvgIpc) is 3.50. The van der Waals surface area contributed by atoms with Gasteiger partial charge < -0.3 is 9.80 Å². The Kier molecular flexibility index (Phi) is 4.77. The van der Waals surface area contributed by atoms with Crippen LogP contribution in [0.1, 0.15) is 42.6 Å². The van der Waals surface area contributed by atoms with Crippen molar-refractivity contribution in [3.05, 3.63) is 39.9 Å². The summed E-state index contributed by atoms with van der Waals surface area (Å²) in [5.41, 5.74) is 1.76. The van der Waals surface area contributed by atoms with Gasteiger partial charge in [-0.2, -0.15) is 5.10 Å². The molecular formula is C20H24N6O2S. The molecule has 0 spiro atoms. The summed E-state index contributed by atoms with van der Waals surface area (Å²) in [7, 11) is 0. The van der Waals surface area contributed by atoms with Crippen LogP contribution in [0.25, 0.3) is 0 Å². The van der Waals surface area contributed by atoms with Crippen molar-refractivity contribution in [2.45, 2.75) is 43.3 Å². The summed E-state index contributed by atoms with van der Waals surface area (Å²) in [6.45, 7) is 4.65. The predicted molar refractivity (Wildman–Crippen MR) is 110 cm³/mol. The van der Waals surface area contributed by atoms with Gasteiger partial charge in [-0.05, 0) is 31.9 Å². The molecule has 1 saturated carbocycles. The third kappa shape index (κ3) is 3.75. The maximum Gasteiger partial charge on any atom is 0.254 e. The molecule has 3 aliphatic rings. The fourth-order valence-electron chi connectivity index (χ4n) is 4.03. The predicted octanol–water partition coefficient (Wildman–Crippen LogP) is 1.60. The zero-order valence-corrected chi connectivity index (χ0v) is 17.3. The number of hydrogen-bond donors (Lipinski definition) is 0. The molecular weight excluding hydrogens is 388 g/mol. The standard InChI is InChI=1S/C20H24N6O2S/c1-13-10-19(28)26-15(12-29-20(26)21-13)11-18(27)25-8-6-24(7-9-25)17-5-4-16(22-23-17)14-2-3-14/h4-5,10,14-15H,2-3,6-9,11-12H2,1H3. The van der Waals surface area contributed by atoms with Gasteiger partial charge in [-0.25, -0.2) is 4.98 Å². The van der Waals surface area contributed by atoms with Gasteiger partial charge in [-0.15, -0.1) is 5.10 Å². The van der Waals surface area contributed by atoms with E-state index >= 15 is 0 Å². The van der Waals surface area contributed by atoms with Crippen LogP contribution in [0.15, 0.2) is 28.2 Å². The molecule has 1 aliphatic carbocycles. The molecule has 1 amide bonds. The van der Waals surface area contributed by atoms with Gasteiger partial charge in [0.15, 0.2) is 11.0 Å². The molecule has 1 unspecified atom stereocenters. The smallest absolute Gasteiger partial charge is 0.254 e. The molecule has 0 N–H and O–H groups in total. The largest absolute Gasteiger partial charge is 0.352 e. The lowest BCUT2D eigenvalue weighted by Crippen LogP contribution is -2.49. The molecule has 0 aromatic carbocycles. The summed E-state index contributed by atoms with van der Waals surface area (Å²) in [6.07, 6.45) is 2.79. The number of amides is 1. The van der Waals surface area contributed by atoms with E-state index in [1.54, 1.807) is 22.4 Å². The van der Waals surface area contributed by atoms with Gasteiger partial charge in [0.25, 0.3) is 5.56 Å². The second kappa shape index (κ2) is 7.44. The highest BCUT2D eigenvalue weighted by Crippen LogP contribution is 2.38. The summed E-state index contributed by atoms with van der Waals surface area (Å²) in [5, 5.41) is 9.47. The zero-order chi connectivity index (χ0) is 20.0. The topological polar surface area (TPSA) is 84.2 Å². The van der Waals surface area contributed by atoms with E-state index in [1.165, 1.54) is 12.8 Å². The molecule has 152 valence electrons.